The fraction of sp³-hybridized carbons (Fsp3) is 0.357. The molecule has 0 aromatic heterocycles. The van der Waals surface area contributed by atoms with Gasteiger partial charge in [-0.15, -0.1) is 0 Å². The summed E-state index contributed by atoms with van der Waals surface area (Å²) in [6.07, 6.45) is 0.603. The number of rotatable bonds is 9. The molecule has 22 heavy (non-hydrogen) atoms. The lowest BCUT2D eigenvalue weighted by Gasteiger charge is -2.07. The molecule has 3 N–H and O–H groups in total. The van der Waals surface area contributed by atoms with Gasteiger partial charge < -0.3 is 20.5 Å². The summed E-state index contributed by atoms with van der Waals surface area (Å²) in [5.74, 6) is -1.04. The zero-order chi connectivity index (χ0) is 16.4. The molecule has 0 radical (unpaired) electrons. The second kappa shape index (κ2) is 9.78. The lowest BCUT2D eigenvalue weighted by Crippen LogP contribution is -2.35. The molecule has 0 bridgehead atoms. The van der Waals surface area contributed by atoms with Crippen LogP contribution in [0.4, 0.5) is 0 Å². The number of hydrogen-bond donors (Lipinski definition) is 2. The third kappa shape index (κ3) is 8.25. The van der Waals surface area contributed by atoms with Crippen molar-refractivity contribution >= 4 is 33.7 Å². The molecule has 0 atom stereocenters. The minimum absolute atomic E-state index is 0.136. The molecule has 0 fully saturated rings. The van der Waals surface area contributed by atoms with E-state index in [1.54, 1.807) is 0 Å². The molecule has 1 aromatic carbocycles. The van der Waals surface area contributed by atoms with Crippen molar-refractivity contribution in [1.29, 1.82) is 0 Å². The standard InChI is InChI=1S/C14H17BrN2O5/c15-10-3-1-4-11(7-10)21-6-2-5-14(20)22-9-13(19)17-8-12(16)18/h1,3-4,7H,2,5-6,8-9H2,(H2,16,18)(H,17,19). The number of nitrogens with one attached hydrogen (secondary N) is 1. The van der Waals surface area contributed by atoms with Crippen LogP contribution < -0.4 is 15.8 Å². The van der Waals surface area contributed by atoms with Crippen LogP contribution in [0.2, 0.25) is 0 Å². The van der Waals surface area contributed by atoms with Crippen LogP contribution in [0.3, 0.4) is 0 Å². The van der Waals surface area contributed by atoms with E-state index in [0.29, 0.717) is 18.8 Å². The van der Waals surface area contributed by atoms with Crippen molar-refractivity contribution in [3.63, 3.8) is 0 Å². The van der Waals surface area contributed by atoms with E-state index in [2.05, 4.69) is 21.2 Å². The Morgan fingerprint density at radius 3 is 2.73 bits per heavy atom. The Morgan fingerprint density at radius 1 is 1.27 bits per heavy atom. The molecular formula is C14H17BrN2O5. The molecular weight excluding hydrogens is 356 g/mol. The molecule has 0 heterocycles. The van der Waals surface area contributed by atoms with Gasteiger partial charge in [-0.25, -0.2) is 0 Å². The molecule has 0 unspecified atom stereocenters. The Hall–Kier alpha value is -2.09. The van der Waals surface area contributed by atoms with Crippen molar-refractivity contribution in [1.82, 2.24) is 5.32 Å². The number of benzene rings is 1. The fourth-order valence-corrected chi connectivity index (χ4v) is 1.80. The number of primary amides is 1. The molecule has 120 valence electrons. The number of carbonyl (C=O) groups is 3. The summed E-state index contributed by atoms with van der Waals surface area (Å²) in [6, 6.07) is 7.36. The maximum Gasteiger partial charge on any atom is 0.306 e. The van der Waals surface area contributed by atoms with Crippen molar-refractivity contribution in [2.45, 2.75) is 12.8 Å². The van der Waals surface area contributed by atoms with E-state index >= 15 is 0 Å². The summed E-state index contributed by atoms with van der Waals surface area (Å²) in [6.45, 7) is -0.352. The topological polar surface area (TPSA) is 108 Å². The Kier molecular flexibility index (Phi) is 7.98. The number of carbonyl (C=O) groups excluding carboxylic acids is 3. The molecule has 7 nitrogen and oxygen atoms in total. The minimum Gasteiger partial charge on any atom is -0.494 e. The molecule has 0 saturated carbocycles. The minimum atomic E-state index is -0.663. The highest BCUT2D eigenvalue weighted by Crippen LogP contribution is 2.17. The summed E-state index contributed by atoms with van der Waals surface area (Å²) in [5, 5.41) is 2.21. The van der Waals surface area contributed by atoms with Gasteiger partial charge in [-0.2, -0.15) is 0 Å². The maximum atomic E-state index is 11.4. The van der Waals surface area contributed by atoms with Gasteiger partial charge in [0.2, 0.25) is 5.91 Å². The summed E-state index contributed by atoms with van der Waals surface area (Å²) in [5.41, 5.74) is 4.86. The van der Waals surface area contributed by atoms with E-state index in [9.17, 15) is 14.4 Å². The normalized spacial score (nSPS) is 9.86. The van der Waals surface area contributed by atoms with Gasteiger partial charge >= 0.3 is 5.97 Å². The number of esters is 1. The zero-order valence-corrected chi connectivity index (χ0v) is 13.4. The number of nitrogens with two attached hydrogens (primary N) is 1. The fourth-order valence-electron chi connectivity index (χ4n) is 1.42. The van der Waals surface area contributed by atoms with Crippen LogP contribution in [0.15, 0.2) is 28.7 Å². The Morgan fingerprint density at radius 2 is 2.05 bits per heavy atom. The summed E-state index contributed by atoms with van der Waals surface area (Å²) >= 11 is 3.33. The zero-order valence-electron chi connectivity index (χ0n) is 11.8. The summed E-state index contributed by atoms with van der Waals surface area (Å²) in [7, 11) is 0. The Bertz CT molecular complexity index is 536. The van der Waals surface area contributed by atoms with Crippen molar-refractivity contribution in [2.24, 2.45) is 5.73 Å². The molecule has 0 aliphatic carbocycles. The highest BCUT2D eigenvalue weighted by molar-refractivity contribution is 9.10. The molecule has 8 heteroatoms. The van der Waals surface area contributed by atoms with Crippen LogP contribution in [0, 0.1) is 0 Å². The number of amides is 2. The van der Waals surface area contributed by atoms with Gasteiger partial charge in [-0.1, -0.05) is 22.0 Å². The van der Waals surface area contributed by atoms with Gasteiger partial charge in [-0.05, 0) is 24.6 Å². The molecule has 0 spiro atoms. The van der Waals surface area contributed by atoms with Crippen LogP contribution >= 0.6 is 15.9 Å². The van der Waals surface area contributed by atoms with Crippen LogP contribution in [0.25, 0.3) is 0 Å². The van der Waals surface area contributed by atoms with E-state index in [4.69, 9.17) is 15.2 Å². The second-order valence-electron chi connectivity index (χ2n) is 4.31. The van der Waals surface area contributed by atoms with Gasteiger partial charge in [0.25, 0.3) is 5.91 Å². The SMILES string of the molecule is NC(=O)CNC(=O)COC(=O)CCCOc1cccc(Br)c1. The van der Waals surface area contributed by atoms with E-state index in [1.807, 2.05) is 24.3 Å². The van der Waals surface area contributed by atoms with Crippen LogP contribution in [-0.4, -0.2) is 37.5 Å². The third-order valence-electron chi connectivity index (χ3n) is 2.41. The predicted octanol–water partition coefficient (Wildman–Crippen LogP) is 0.753. The van der Waals surface area contributed by atoms with Crippen LogP contribution in [-0.2, 0) is 19.1 Å². The quantitative estimate of drug-likeness (QED) is 0.491. The second-order valence-corrected chi connectivity index (χ2v) is 5.23. The molecule has 0 aliphatic rings. The van der Waals surface area contributed by atoms with Gasteiger partial charge in [0.1, 0.15) is 5.75 Å². The predicted molar refractivity (Wildman–Crippen MR) is 82.0 cm³/mol. The first-order chi connectivity index (χ1) is 10.5. The van der Waals surface area contributed by atoms with Crippen LogP contribution in [0.5, 0.6) is 5.75 Å². The molecule has 0 saturated heterocycles. The van der Waals surface area contributed by atoms with Crippen molar-refractivity contribution in [3.8, 4) is 5.75 Å². The first kappa shape index (κ1) is 18.0. The Balaban J connectivity index is 2.10. The largest absolute Gasteiger partial charge is 0.494 e. The number of hydrogen-bond acceptors (Lipinski definition) is 5. The first-order valence-electron chi connectivity index (χ1n) is 6.56. The highest BCUT2D eigenvalue weighted by Gasteiger charge is 2.08. The van der Waals surface area contributed by atoms with E-state index in [1.165, 1.54) is 0 Å². The van der Waals surface area contributed by atoms with E-state index in [-0.39, 0.29) is 13.0 Å². The number of halogens is 1. The number of ether oxygens (including phenoxy) is 2. The van der Waals surface area contributed by atoms with Gasteiger partial charge in [0, 0.05) is 10.9 Å². The van der Waals surface area contributed by atoms with Gasteiger partial charge in [0.05, 0.1) is 13.2 Å². The average Bonchev–Trinajstić information content (AvgIpc) is 2.47. The molecule has 0 aliphatic heterocycles. The van der Waals surface area contributed by atoms with Gasteiger partial charge in [-0.3, -0.25) is 14.4 Å². The van der Waals surface area contributed by atoms with Crippen molar-refractivity contribution < 1.29 is 23.9 Å². The maximum absolute atomic E-state index is 11.4. The monoisotopic (exact) mass is 372 g/mol. The van der Waals surface area contributed by atoms with Crippen LogP contribution in [0.1, 0.15) is 12.8 Å². The third-order valence-corrected chi connectivity index (χ3v) is 2.91. The molecule has 1 aromatic rings. The summed E-state index contributed by atoms with van der Waals surface area (Å²) in [4.78, 5) is 33.0. The smallest absolute Gasteiger partial charge is 0.306 e. The van der Waals surface area contributed by atoms with E-state index < -0.39 is 24.4 Å². The lowest BCUT2D eigenvalue weighted by atomic mass is 10.3. The van der Waals surface area contributed by atoms with Crippen molar-refractivity contribution in [2.75, 3.05) is 19.8 Å². The first-order valence-corrected chi connectivity index (χ1v) is 7.35. The highest BCUT2D eigenvalue weighted by atomic mass is 79.9. The average molecular weight is 373 g/mol. The van der Waals surface area contributed by atoms with Crippen molar-refractivity contribution in [3.05, 3.63) is 28.7 Å². The molecule has 1 rings (SSSR count). The van der Waals surface area contributed by atoms with Gasteiger partial charge in [0.15, 0.2) is 6.61 Å². The Labute approximate surface area is 136 Å². The molecule has 2 amide bonds. The summed E-state index contributed by atoms with van der Waals surface area (Å²) < 4.78 is 11.1. The van der Waals surface area contributed by atoms with E-state index in [0.717, 1.165) is 4.47 Å². The lowest BCUT2D eigenvalue weighted by molar-refractivity contribution is -0.148.